The average Bonchev–Trinajstić information content (AvgIpc) is 2.36. The zero-order valence-electron chi connectivity index (χ0n) is 10.5. The van der Waals surface area contributed by atoms with Crippen LogP contribution in [0, 0.1) is 0 Å². The van der Waals surface area contributed by atoms with Crippen molar-refractivity contribution >= 4 is 11.8 Å². The first-order chi connectivity index (χ1) is 7.92. The summed E-state index contributed by atoms with van der Waals surface area (Å²) in [5.41, 5.74) is -0.339. The van der Waals surface area contributed by atoms with E-state index in [0.717, 1.165) is 0 Å². The maximum absolute atomic E-state index is 11.3. The molecule has 0 radical (unpaired) electrons. The maximum atomic E-state index is 11.3. The van der Waals surface area contributed by atoms with Gasteiger partial charge in [0.2, 0.25) is 0 Å². The van der Waals surface area contributed by atoms with Crippen LogP contribution < -0.4 is 4.90 Å². The molecule has 0 unspecified atom stereocenters. The first-order valence-corrected chi connectivity index (χ1v) is 5.17. The Hall–Kier alpha value is -1.69. The zero-order chi connectivity index (χ0) is 13.1. The molecule has 0 spiro atoms. The number of rotatable bonds is 4. The third-order valence-corrected chi connectivity index (χ3v) is 2.65. The van der Waals surface area contributed by atoms with Gasteiger partial charge in [-0.2, -0.15) is 0 Å². The van der Waals surface area contributed by atoms with Gasteiger partial charge in [-0.3, -0.25) is 4.98 Å². The number of ether oxygens (including phenoxy) is 1. The van der Waals surface area contributed by atoms with Gasteiger partial charge in [-0.15, -0.1) is 0 Å². The van der Waals surface area contributed by atoms with Crippen molar-refractivity contribution in [2.75, 3.05) is 25.7 Å². The molecule has 0 bridgehead atoms. The molecule has 6 heteroatoms. The molecule has 1 aromatic rings. The number of hydrogen-bond donors (Lipinski definition) is 1. The molecular formula is C11H17N3O3. The Morgan fingerprint density at radius 2 is 2.18 bits per heavy atom. The van der Waals surface area contributed by atoms with Crippen molar-refractivity contribution in [3.63, 3.8) is 0 Å². The molecular weight excluding hydrogens is 222 g/mol. The van der Waals surface area contributed by atoms with Gasteiger partial charge in [-0.1, -0.05) is 0 Å². The van der Waals surface area contributed by atoms with Crippen LogP contribution in [0.2, 0.25) is 0 Å². The van der Waals surface area contributed by atoms with E-state index in [-0.39, 0.29) is 12.3 Å². The Kier molecular flexibility index (Phi) is 4.01. The normalized spacial score (nSPS) is 11.1. The minimum atomic E-state index is -0.533. The highest BCUT2D eigenvalue weighted by atomic mass is 16.5. The third-order valence-electron chi connectivity index (χ3n) is 2.65. The fourth-order valence-electron chi connectivity index (χ4n) is 1.14. The molecule has 0 aromatic carbocycles. The molecule has 0 aliphatic rings. The van der Waals surface area contributed by atoms with Gasteiger partial charge in [-0.25, -0.2) is 9.78 Å². The lowest BCUT2D eigenvalue weighted by Gasteiger charge is -2.34. The smallest absolute Gasteiger partial charge is 0.358 e. The van der Waals surface area contributed by atoms with E-state index in [4.69, 9.17) is 0 Å². The zero-order valence-corrected chi connectivity index (χ0v) is 10.5. The molecule has 1 aromatic heterocycles. The van der Waals surface area contributed by atoms with Gasteiger partial charge in [0.1, 0.15) is 5.82 Å². The fraction of sp³-hybridized carbons (Fsp3) is 0.545. The summed E-state index contributed by atoms with van der Waals surface area (Å²) >= 11 is 0. The SMILES string of the molecule is COC(=O)c1cncc(N(C)C(C)(C)CO)n1. The number of likely N-dealkylation sites (N-methyl/N-ethyl adjacent to an activating group) is 1. The quantitative estimate of drug-likeness (QED) is 0.770. The second-order valence-corrected chi connectivity index (χ2v) is 4.28. The van der Waals surface area contributed by atoms with E-state index in [1.165, 1.54) is 19.5 Å². The van der Waals surface area contributed by atoms with Gasteiger partial charge in [0.25, 0.3) is 0 Å². The fourth-order valence-corrected chi connectivity index (χ4v) is 1.14. The van der Waals surface area contributed by atoms with E-state index in [1.54, 1.807) is 11.9 Å². The molecule has 1 N–H and O–H groups in total. The van der Waals surface area contributed by atoms with E-state index in [9.17, 15) is 9.90 Å². The number of carbonyl (C=O) groups is 1. The molecule has 0 saturated heterocycles. The lowest BCUT2D eigenvalue weighted by atomic mass is 10.1. The molecule has 94 valence electrons. The van der Waals surface area contributed by atoms with Gasteiger partial charge in [0.15, 0.2) is 5.69 Å². The predicted octanol–water partition coefficient (Wildman–Crippen LogP) is 0.470. The first kappa shape index (κ1) is 13.4. The number of carbonyl (C=O) groups excluding carboxylic acids is 1. The summed E-state index contributed by atoms with van der Waals surface area (Å²) < 4.78 is 4.57. The molecule has 0 saturated carbocycles. The highest BCUT2D eigenvalue weighted by Crippen LogP contribution is 2.19. The Morgan fingerprint density at radius 3 is 2.71 bits per heavy atom. The van der Waals surface area contributed by atoms with Crippen molar-refractivity contribution in [1.82, 2.24) is 9.97 Å². The maximum Gasteiger partial charge on any atom is 0.358 e. The van der Waals surface area contributed by atoms with Crippen LogP contribution in [0.25, 0.3) is 0 Å². The number of anilines is 1. The van der Waals surface area contributed by atoms with Crippen molar-refractivity contribution in [1.29, 1.82) is 0 Å². The lowest BCUT2D eigenvalue weighted by Crippen LogP contribution is -2.45. The predicted molar refractivity (Wildman–Crippen MR) is 62.9 cm³/mol. The van der Waals surface area contributed by atoms with Crippen LogP contribution in [0.15, 0.2) is 12.4 Å². The number of esters is 1. The van der Waals surface area contributed by atoms with Crippen LogP contribution in [-0.4, -0.2) is 47.3 Å². The number of nitrogens with zero attached hydrogens (tertiary/aromatic N) is 3. The highest BCUT2D eigenvalue weighted by molar-refractivity contribution is 5.87. The lowest BCUT2D eigenvalue weighted by molar-refractivity contribution is 0.0593. The van der Waals surface area contributed by atoms with Crippen molar-refractivity contribution in [2.24, 2.45) is 0 Å². The molecule has 0 fully saturated rings. The summed E-state index contributed by atoms with van der Waals surface area (Å²) in [6.45, 7) is 3.69. The van der Waals surface area contributed by atoms with Crippen molar-refractivity contribution < 1.29 is 14.6 Å². The average molecular weight is 239 g/mol. The Morgan fingerprint density at radius 1 is 1.53 bits per heavy atom. The standard InChI is InChI=1S/C11H17N3O3/c1-11(2,7-15)14(3)9-6-12-5-8(13-9)10(16)17-4/h5-6,15H,7H2,1-4H3. The Bertz CT molecular complexity index is 407. The van der Waals surface area contributed by atoms with Crippen LogP contribution in [0.4, 0.5) is 5.82 Å². The summed E-state index contributed by atoms with van der Waals surface area (Å²) in [6, 6.07) is 0. The van der Waals surface area contributed by atoms with E-state index >= 15 is 0 Å². The molecule has 0 aliphatic carbocycles. The second-order valence-electron chi connectivity index (χ2n) is 4.28. The van der Waals surface area contributed by atoms with Gasteiger partial charge >= 0.3 is 5.97 Å². The Labute approximate surface area is 100 Å². The Balaban J connectivity index is 3.03. The number of aromatic nitrogens is 2. The van der Waals surface area contributed by atoms with Crippen LogP contribution in [0.3, 0.4) is 0 Å². The van der Waals surface area contributed by atoms with Crippen LogP contribution in [-0.2, 0) is 4.74 Å². The summed E-state index contributed by atoms with van der Waals surface area (Å²) in [4.78, 5) is 21.1. The van der Waals surface area contributed by atoms with Gasteiger partial charge in [-0.05, 0) is 13.8 Å². The molecule has 1 heterocycles. The number of hydrogen-bond acceptors (Lipinski definition) is 6. The van der Waals surface area contributed by atoms with Crippen LogP contribution >= 0.6 is 0 Å². The molecule has 1 rings (SSSR count). The van der Waals surface area contributed by atoms with Crippen molar-refractivity contribution in [2.45, 2.75) is 19.4 Å². The van der Waals surface area contributed by atoms with Gasteiger partial charge < -0.3 is 14.7 Å². The van der Waals surface area contributed by atoms with Crippen molar-refractivity contribution in [3.8, 4) is 0 Å². The summed E-state index contributed by atoms with van der Waals surface area (Å²) in [5.74, 6) is -0.0264. The van der Waals surface area contributed by atoms with Gasteiger partial charge in [0.05, 0.1) is 31.6 Å². The third kappa shape index (κ3) is 2.91. The topological polar surface area (TPSA) is 75.5 Å². The van der Waals surface area contributed by atoms with E-state index in [1.807, 2.05) is 13.8 Å². The molecule has 17 heavy (non-hydrogen) atoms. The minimum Gasteiger partial charge on any atom is -0.464 e. The van der Waals surface area contributed by atoms with E-state index in [2.05, 4.69) is 14.7 Å². The monoisotopic (exact) mass is 239 g/mol. The van der Waals surface area contributed by atoms with E-state index < -0.39 is 11.5 Å². The minimum absolute atomic E-state index is 0.0341. The molecule has 0 amide bonds. The molecule has 6 nitrogen and oxygen atoms in total. The number of aliphatic hydroxyl groups excluding tert-OH is 1. The highest BCUT2D eigenvalue weighted by Gasteiger charge is 2.24. The summed E-state index contributed by atoms with van der Waals surface area (Å²) in [7, 11) is 3.07. The van der Waals surface area contributed by atoms with Crippen LogP contribution in [0.1, 0.15) is 24.3 Å². The number of aliphatic hydroxyl groups is 1. The van der Waals surface area contributed by atoms with Crippen LogP contribution in [0.5, 0.6) is 0 Å². The molecule has 0 aliphatic heterocycles. The summed E-state index contributed by atoms with van der Waals surface area (Å²) in [5, 5.41) is 9.27. The van der Waals surface area contributed by atoms with Gasteiger partial charge in [0, 0.05) is 7.05 Å². The largest absolute Gasteiger partial charge is 0.464 e. The summed E-state index contributed by atoms with van der Waals surface area (Å²) in [6.07, 6.45) is 2.87. The first-order valence-electron chi connectivity index (χ1n) is 5.17. The second kappa shape index (κ2) is 5.09. The van der Waals surface area contributed by atoms with E-state index in [0.29, 0.717) is 5.82 Å². The molecule has 0 atom stereocenters. The van der Waals surface area contributed by atoms with Crippen molar-refractivity contribution in [3.05, 3.63) is 18.1 Å². The number of methoxy groups -OCH3 is 1.